The average Bonchev–Trinajstić information content (AvgIpc) is 2.38. The molecule has 5 N–H and O–H groups in total. The molecular formula is C13H21ClN4. The number of benzene rings is 1. The minimum Gasteiger partial charge on any atom is -0.398 e. The summed E-state index contributed by atoms with van der Waals surface area (Å²) >= 11 is 6.09. The maximum atomic E-state index is 6.09. The lowest BCUT2D eigenvalue weighted by atomic mass is 10.0. The van der Waals surface area contributed by atoms with Crippen molar-refractivity contribution in [3.05, 3.63) is 22.7 Å². The fourth-order valence-corrected chi connectivity index (χ4v) is 2.78. The van der Waals surface area contributed by atoms with Crippen molar-refractivity contribution in [1.29, 1.82) is 0 Å². The highest BCUT2D eigenvalue weighted by Gasteiger charge is 2.20. The molecule has 18 heavy (non-hydrogen) atoms. The van der Waals surface area contributed by atoms with E-state index in [1.165, 1.54) is 0 Å². The third kappa shape index (κ3) is 2.71. The Balaban J connectivity index is 2.23. The monoisotopic (exact) mass is 268 g/mol. The van der Waals surface area contributed by atoms with Crippen LogP contribution in [-0.4, -0.2) is 26.2 Å². The molecule has 1 aliphatic rings. The van der Waals surface area contributed by atoms with E-state index < -0.39 is 0 Å². The van der Waals surface area contributed by atoms with Crippen LogP contribution in [0.5, 0.6) is 0 Å². The summed E-state index contributed by atoms with van der Waals surface area (Å²) < 4.78 is 0. The number of rotatable bonds is 3. The summed E-state index contributed by atoms with van der Waals surface area (Å²) in [7, 11) is 2.02. The number of halogens is 1. The Kier molecular flexibility index (Phi) is 4.32. The third-order valence-electron chi connectivity index (χ3n) is 3.67. The minimum atomic E-state index is 0.449. The van der Waals surface area contributed by atoms with E-state index in [-0.39, 0.29) is 0 Å². The van der Waals surface area contributed by atoms with Crippen molar-refractivity contribution < 1.29 is 0 Å². The molecule has 0 amide bonds. The van der Waals surface area contributed by atoms with Crippen LogP contribution in [-0.2, 0) is 6.54 Å². The molecule has 1 fully saturated rings. The number of nitrogens with one attached hydrogen (secondary N) is 1. The van der Waals surface area contributed by atoms with Crippen LogP contribution < -0.4 is 21.7 Å². The summed E-state index contributed by atoms with van der Waals surface area (Å²) in [6, 6.07) is 4.35. The molecule has 100 valence electrons. The molecule has 0 spiro atoms. The summed E-state index contributed by atoms with van der Waals surface area (Å²) in [5, 5.41) is 4.00. The maximum absolute atomic E-state index is 6.09. The van der Waals surface area contributed by atoms with E-state index in [0.29, 0.717) is 23.3 Å². The Labute approximate surface area is 113 Å². The van der Waals surface area contributed by atoms with Gasteiger partial charge in [-0.05, 0) is 32.0 Å². The van der Waals surface area contributed by atoms with Gasteiger partial charge in [-0.25, -0.2) is 0 Å². The molecule has 0 saturated carbocycles. The van der Waals surface area contributed by atoms with E-state index in [9.17, 15) is 0 Å². The van der Waals surface area contributed by atoms with Crippen LogP contribution in [0.25, 0.3) is 0 Å². The van der Waals surface area contributed by atoms with E-state index >= 15 is 0 Å². The zero-order valence-corrected chi connectivity index (χ0v) is 11.5. The molecular weight excluding hydrogens is 248 g/mol. The topological polar surface area (TPSA) is 67.3 Å². The first-order chi connectivity index (χ1) is 8.65. The fourth-order valence-electron chi connectivity index (χ4n) is 2.56. The van der Waals surface area contributed by atoms with E-state index in [2.05, 4.69) is 10.2 Å². The number of hydrogen-bond acceptors (Lipinski definition) is 4. The Hall–Kier alpha value is -0.970. The zero-order valence-electron chi connectivity index (χ0n) is 10.7. The fraction of sp³-hybridized carbons (Fsp3) is 0.538. The SMILES string of the molecule is CNC1CCN(c2cc(Cl)cc(N)c2CN)CC1. The number of piperidine rings is 1. The van der Waals surface area contributed by atoms with Crippen molar-refractivity contribution in [3.63, 3.8) is 0 Å². The highest BCUT2D eigenvalue weighted by atomic mass is 35.5. The smallest absolute Gasteiger partial charge is 0.0447 e. The Morgan fingerprint density at radius 1 is 1.39 bits per heavy atom. The van der Waals surface area contributed by atoms with E-state index in [0.717, 1.165) is 37.2 Å². The van der Waals surface area contributed by atoms with Crippen molar-refractivity contribution in [2.75, 3.05) is 30.8 Å². The molecule has 1 heterocycles. The van der Waals surface area contributed by atoms with Gasteiger partial charge in [-0.3, -0.25) is 0 Å². The third-order valence-corrected chi connectivity index (χ3v) is 3.89. The second-order valence-electron chi connectivity index (χ2n) is 4.75. The predicted octanol–water partition coefficient (Wildman–Crippen LogP) is 1.57. The number of hydrogen-bond donors (Lipinski definition) is 3. The predicted molar refractivity (Wildman–Crippen MR) is 78.1 cm³/mol. The molecule has 5 heteroatoms. The van der Waals surface area contributed by atoms with Crippen LogP contribution in [0.1, 0.15) is 18.4 Å². The lowest BCUT2D eigenvalue weighted by molar-refractivity contribution is 0.442. The number of nitrogens with zero attached hydrogens (tertiary/aromatic N) is 1. The molecule has 1 aromatic carbocycles. The van der Waals surface area contributed by atoms with Gasteiger partial charge in [0.1, 0.15) is 0 Å². The van der Waals surface area contributed by atoms with E-state index in [1.54, 1.807) is 6.07 Å². The molecule has 0 unspecified atom stereocenters. The van der Waals surface area contributed by atoms with Gasteiger partial charge in [0, 0.05) is 47.6 Å². The highest BCUT2D eigenvalue weighted by molar-refractivity contribution is 6.31. The summed E-state index contributed by atoms with van der Waals surface area (Å²) in [6.07, 6.45) is 2.26. The van der Waals surface area contributed by atoms with Gasteiger partial charge in [-0.2, -0.15) is 0 Å². The van der Waals surface area contributed by atoms with Crippen molar-refractivity contribution in [1.82, 2.24) is 5.32 Å². The van der Waals surface area contributed by atoms with Crippen LogP contribution in [0.4, 0.5) is 11.4 Å². The van der Waals surface area contributed by atoms with Gasteiger partial charge in [0.2, 0.25) is 0 Å². The summed E-state index contributed by atoms with van der Waals surface area (Å²) in [5.41, 5.74) is 14.6. The molecule has 2 rings (SSSR count). The van der Waals surface area contributed by atoms with Gasteiger partial charge < -0.3 is 21.7 Å². The molecule has 0 aliphatic carbocycles. The number of nitrogens with two attached hydrogens (primary N) is 2. The van der Waals surface area contributed by atoms with Gasteiger partial charge in [0.25, 0.3) is 0 Å². The van der Waals surface area contributed by atoms with Gasteiger partial charge in [0.15, 0.2) is 0 Å². The molecule has 0 atom stereocenters. The minimum absolute atomic E-state index is 0.449. The average molecular weight is 269 g/mol. The summed E-state index contributed by atoms with van der Waals surface area (Å²) in [6.45, 7) is 2.47. The van der Waals surface area contributed by atoms with Crippen molar-refractivity contribution >= 4 is 23.0 Å². The number of anilines is 2. The van der Waals surface area contributed by atoms with Crippen LogP contribution >= 0.6 is 11.6 Å². The Bertz CT molecular complexity index is 414. The van der Waals surface area contributed by atoms with Gasteiger partial charge in [0.05, 0.1) is 0 Å². The summed E-state index contributed by atoms with van der Waals surface area (Å²) in [5.74, 6) is 0. The van der Waals surface area contributed by atoms with Crippen LogP contribution in [0, 0.1) is 0 Å². The first-order valence-electron chi connectivity index (χ1n) is 6.36. The first kappa shape index (κ1) is 13.5. The van der Waals surface area contributed by atoms with Crippen LogP contribution in [0.3, 0.4) is 0 Å². The van der Waals surface area contributed by atoms with E-state index in [4.69, 9.17) is 23.1 Å². The molecule has 0 aromatic heterocycles. The second-order valence-corrected chi connectivity index (χ2v) is 5.18. The molecule has 1 saturated heterocycles. The molecule has 0 radical (unpaired) electrons. The van der Waals surface area contributed by atoms with Crippen LogP contribution in [0.15, 0.2) is 12.1 Å². The lowest BCUT2D eigenvalue weighted by Crippen LogP contribution is -2.41. The molecule has 1 aromatic rings. The molecule has 0 bridgehead atoms. The lowest BCUT2D eigenvalue weighted by Gasteiger charge is -2.35. The Morgan fingerprint density at radius 3 is 2.61 bits per heavy atom. The highest BCUT2D eigenvalue weighted by Crippen LogP contribution is 2.31. The zero-order chi connectivity index (χ0) is 13.1. The summed E-state index contributed by atoms with van der Waals surface area (Å²) in [4.78, 5) is 2.33. The maximum Gasteiger partial charge on any atom is 0.0447 e. The molecule has 4 nitrogen and oxygen atoms in total. The normalized spacial score (nSPS) is 17.2. The molecule has 1 aliphatic heterocycles. The van der Waals surface area contributed by atoms with Gasteiger partial charge in [-0.1, -0.05) is 11.6 Å². The van der Waals surface area contributed by atoms with Gasteiger partial charge in [-0.15, -0.1) is 0 Å². The largest absolute Gasteiger partial charge is 0.398 e. The number of nitrogen functional groups attached to an aromatic ring is 1. The van der Waals surface area contributed by atoms with Crippen molar-refractivity contribution in [2.45, 2.75) is 25.4 Å². The van der Waals surface area contributed by atoms with Crippen LogP contribution in [0.2, 0.25) is 5.02 Å². The standard InChI is InChI=1S/C13H21ClN4/c1-17-10-2-4-18(5-3-10)13-7-9(14)6-12(16)11(13)8-15/h6-7,10,17H,2-5,8,15-16H2,1H3. The second kappa shape index (κ2) is 5.78. The van der Waals surface area contributed by atoms with Gasteiger partial charge >= 0.3 is 0 Å². The van der Waals surface area contributed by atoms with Crippen molar-refractivity contribution in [3.8, 4) is 0 Å². The first-order valence-corrected chi connectivity index (χ1v) is 6.73. The van der Waals surface area contributed by atoms with Crippen molar-refractivity contribution in [2.24, 2.45) is 5.73 Å². The quantitative estimate of drug-likeness (QED) is 0.728. The Morgan fingerprint density at radius 2 is 2.06 bits per heavy atom. The van der Waals surface area contributed by atoms with E-state index in [1.807, 2.05) is 13.1 Å².